The predicted molar refractivity (Wildman–Crippen MR) is 107 cm³/mol. The molecule has 1 aromatic heterocycles. The number of nitrogens with zero attached hydrogens (tertiary/aromatic N) is 1. The van der Waals surface area contributed by atoms with Crippen LogP contribution in [-0.4, -0.2) is 4.98 Å². The highest BCUT2D eigenvalue weighted by Crippen LogP contribution is 2.42. The molecule has 2 N–H and O–H groups in total. The largest absolute Gasteiger partial charge is 0.418 e. The van der Waals surface area contributed by atoms with Crippen LogP contribution in [0.2, 0.25) is 0 Å². The van der Waals surface area contributed by atoms with Gasteiger partial charge in [0.05, 0.1) is 11.1 Å². The Morgan fingerprint density at radius 3 is 2.32 bits per heavy atom. The molecule has 0 radical (unpaired) electrons. The van der Waals surface area contributed by atoms with E-state index in [9.17, 15) is 13.2 Å². The molecule has 3 aromatic carbocycles. The first-order valence-electron chi connectivity index (χ1n) is 8.77. The third kappa shape index (κ3) is 3.09. The number of para-hydroxylation sites is 1. The van der Waals surface area contributed by atoms with E-state index in [1.54, 1.807) is 24.3 Å². The first kappa shape index (κ1) is 18.0. The van der Waals surface area contributed by atoms with E-state index in [1.165, 1.54) is 12.3 Å². The number of aryl methyl sites for hydroxylation is 1. The Hall–Kier alpha value is -3.34. The molecule has 0 aliphatic carbocycles. The van der Waals surface area contributed by atoms with E-state index < -0.39 is 11.7 Å². The van der Waals surface area contributed by atoms with Crippen molar-refractivity contribution in [1.29, 1.82) is 0 Å². The molecule has 5 heteroatoms. The average Bonchev–Trinajstić information content (AvgIpc) is 2.66. The molecule has 0 aliphatic heterocycles. The van der Waals surface area contributed by atoms with Gasteiger partial charge >= 0.3 is 6.18 Å². The Kier molecular flexibility index (Phi) is 4.30. The molecule has 0 bridgehead atoms. The number of benzene rings is 3. The minimum absolute atomic E-state index is 0.0650. The summed E-state index contributed by atoms with van der Waals surface area (Å²) in [5.41, 5.74) is 9.86. The van der Waals surface area contributed by atoms with E-state index in [0.717, 1.165) is 28.3 Å². The minimum Gasteiger partial charge on any atom is -0.399 e. The van der Waals surface area contributed by atoms with Gasteiger partial charge in [-0.25, -0.2) is 0 Å². The second-order valence-corrected chi connectivity index (χ2v) is 6.69. The minimum atomic E-state index is -4.48. The normalized spacial score (nSPS) is 11.7. The van der Waals surface area contributed by atoms with Gasteiger partial charge in [0, 0.05) is 28.4 Å². The predicted octanol–water partition coefficient (Wildman–Crippen LogP) is 6.48. The fourth-order valence-electron chi connectivity index (χ4n) is 3.54. The van der Waals surface area contributed by atoms with Crippen molar-refractivity contribution in [3.05, 3.63) is 84.1 Å². The second-order valence-electron chi connectivity index (χ2n) is 6.69. The van der Waals surface area contributed by atoms with Gasteiger partial charge in [-0.2, -0.15) is 13.2 Å². The fraction of sp³-hybridized carbons (Fsp3) is 0.0870. The van der Waals surface area contributed by atoms with Gasteiger partial charge in [0.1, 0.15) is 0 Å². The van der Waals surface area contributed by atoms with Crippen LogP contribution in [0.5, 0.6) is 0 Å². The van der Waals surface area contributed by atoms with Crippen molar-refractivity contribution >= 4 is 16.6 Å². The zero-order valence-electron chi connectivity index (χ0n) is 15.1. The Balaban J connectivity index is 2.14. The van der Waals surface area contributed by atoms with Crippen LogP contribution in [0.25, 0.3) is 33.2 Å². The number of pyridine rings is 1. The molecule has 0 aliphatic rings. The Labute approximate surface area is 160 Å². The topological polar surface area (TPSA) is 38.9 Å². The van der Waals surface area contributed by atoms with E-state index in [0.29, 0.717) is 16.6 Å². The smallest absolute Gasteiger partial charge is 0.399 e. The Bertz CT molecular complexity index is 1180. The summed E-state index contributed by atoms with van der Waals surface area (Å²) in [6, 6.07) is 19.1. The van der Waals surface area contributed by atoms with Crippen molar-refractivity contribution < 1.29 is 13.2 Å². The number of rotatable bonds is 2. The number of hydrogen-bond acceptors (Lipinski definition) is 2. The van der Waals surface area contributed by atoms with Crippen molar-refractivity contribution in [3.8, 4) is 22.3 Å². The van der Waals surface area contributed by atoms with E-state index >= 15 is 0 Å². The van der Waals surface area contributed by atoms with Gasteiger partial charge in [-0.1, -0.05) is 48.5 Å². The highest BCUT2D eigenvalue weighted by Gasteiger charge is 2.33. The fourth-order valence-corrected chi connectivity index (χ4v) is 3.54. The molecule has 4 aromatic rings. The molecule has 0 unspecified atom stereocenters. The molecule has 140 valence electrons. The summed E-state index contributed by atoms with van der Waals surface area (Å²) in [5.74, 6) is 0. The molecule has 4 rings (SSSR count). The lowest BCUT2D eigenvalue weighted by molar-refractivity contribution is -0.136. The summed E-state index contributed by atoms with van der Waals surface area (Å²) in [6.07, 6.45) is -2.96. The van der Waals surface area contributed by atoms with Crippen molar-refractivity contribution in [2.45, 2.75) is 13.1 Å². The molecule has 1 heterocycles. The molecular formula is C23H17F3N2. The van der Waals surface area contributed by atoms with Gasteiger partial charge in [0.15, 0.2) is 0 Å². The highest BCUT2D eigenvalue weighted by molar-refractivity contribution is 6.03. The second kappa shape index (κ2) is 6.68. The summed E-state index contributed by atoms with van der Waals surface area (Å²) in [4.78, 5) is 4.22. The summed E-state index contributed by atoms with van der Waals surface area (Å²) in [6.45, 7) is 1.97. The van der Waals surface area contributed by atoms with E-state index in [4.69, 9.17) is 5.73 Å². The lowest BCUT2D eigenvalue weighted by Crippen LogP contribution is -2.07. The van der Waals surface area contributed by atoms with Crippen LogP contribution in [0.1, 0.15) is 11.1 Å². The number of anilines is 1. The molecule has 2 nitrogen and oxygen atoms in total. The summed E-state index contributed by atoms with van der Waals surface area (Å²) in [5, 5.41) is 0.446. The van der Waals surface area contributed by atoms with E-state index in [-0.39, 0.29) is 5.52 Å². The number of nitrogens with two attached hydrogens (primary N) is 1. The molecular weight excluding hydrogens is 361 g/mol. The standard InChI is InChI=1S/C23H17F3N2/c1-14-6-2-3-9-17(14)19-13-28-22-18(10-5-11-20(22)23(24,25)26)21(19)15-7-4-8-16(27)12-15/h2-13H,27H2,1H3. The maximum atomic E-state index is 13.5. The zero-order chi connectivity index (χ0) is 19.9. The van der Waals surface area contributed by atoms with Crippen LogP contribution >= 0.6 is 0 Å². The van der Waals surface area contributed by atoms with Crippen LogP contribution < -0.4 is 5.73 Å². The van der Waals surface area contributed by atoms with Gasteiger partial charge in [-0.3, -0.25) is 4.98 Å². The van der Waals surface area contributed by atoms with Crippen molar-refractivity contribution in [1.82, 2.24) is 4.98 Å². The van der Waals surface area contributed by atoms with Gasteiger partial charge in [0.2, 0.25) is 0 Å². The van der Waals surface area contributed by atoms with E-state index in [1.807, 2.05) is 37.3 Å². The molecule has 0 spiro atoms. The number of fused-ring (bicyclic) bond motifs is 1. The quantitative estimate of drug-likeness (QED) is 0.406. The van der Waals surface area contributed by atoms with Crippen LogP contribution in [-0.2, 0) is 6.18 Å². The summed E-state index contributed by atoms with van der Waals surface area (Å²) < 4.78 is 40.6. The maximum Gasteiger partial charge on any atom is 0.418 e. The third-order valence-corrected chi connectivity index (χ3v) is 4.81. The van der Waals surface area contributed by atoms with Gasteiger partial charge in [-0.15, -0.1) is 0 Å². The van der Waals surface area contributed by atoms with Crippen molar-refractivity contribution in [3.63, 3.8) is 0 Å². The summed E-state index contributed by atoms with van der Waals surface area (Å²) in [7, 11) is 0. The molecule has 0 amide bonds. The molecule has 28 heavy (non-hydrogen) atoms. The number of alkyl halides is 3. The van der Waals surface area contributed by atoms with Crippen molar-refractivity contribution in [2.75, 3.05) is 5.73 Å². The first-order valence-corrected chi connectivity index (χ1v) is 8.77. The summed E-state index contributed by atoms with van der Waals surface area (Å²) >= 11 is 0. The Morgan fingerprint density at radius 1 is 0.857 bits per heavy atom. The highest BCUT2D eigenvalue weighted by atomic mass is 19.4. The number of hydrogen-bond donors (Lipinski definition) is 1. The molecule has 0 fully saturated rings. The van der Waals surface area contributed by atoms with E-state index in [2.05, 4.69) is 4.98 Å². The van der Waals surface area contributed by atoms with Gasteiger partial charge < -0.3 is 5.73 Å². The molecule has 0 saturated heterocycles. The van der Waals surface area contributed by atoms with Gasteiger partial charge in [0.25, 0.3) is 0 Å². The van der Waals surface area contributed by atoms with Crippen LogP contribution in [0.15, 0.2) is 72.9 Å². The Morgan fingerprint density at radius 2 is 1.61 bits per heavy atom. The zero-order valence-corrected chi connectivity index (χ0v) is 15.1. The maximum absolute atomic E-state index is 13.5. The van der Waals surface area contributed by atoms with Crippen LogP contribution in [0.4, 0.5) is 18.9 Å². The van der Waals surface area contributed by atoms with Crippen LogP contribution in [0, 0.1) is 6.92 Å². The van der Waals surface area contributed by atoms with Gasteiger partial charge in [-0.05, 0) is 41.8 Å². The number of aromatic nitrogens is 1. The van der Waals surface area contributed by atoms with Crippen LogP contribution in [0.3, 0.4) is 0 Å². The lowest BCUT2D eigenvalue weighted by atomic mass is 9.90. The molecule has 0 saturated carbocycles. The monoisotopic (exact) mass is 378 g/mol. The molecule has 0 atom stereocenters. The average molecular weight is 378 g/mol. The van der Waals surface area contributed by atoms with Crippen molar-refractivity contribution in [2.24, 2.45) is 0 Å². The number of nitrogen functional groups attached to an aromatic ring is 1. The lowest BCUT2D eigenvalue weighted by Gasteiger charge is -2.17. The number of halogens is 3. The SMILES string of the molecule is Cc1ccccc1-c1cnc2c(C(F)(F)F)cccc2c1-c1cccc(N)c1. The first-order chi connectivity index (χ1) is 13.4. The third-order valence-electron chi connectivity index (χ3n) is 4.81.